The highest BCUT2D eigenvalue weighted by molar-refractivity contribution is 7.99. The van der Waals surface area contributed by atoms with Gasteiger partial charge in [-0.05, 0) is 49.8 Å². The van der Waals surface area contributed by atoms with Crippen LogP contribution in [0.2, 0.25) is 0 Å². The molecule has 1 aromatic heterocycles. The molecule has 0 fully saturated rings. The fourth-order valence-electron chi connectivity index (χ4n) is 3.11. The molecule has 0 aliphatic rings. The van der Waals surface area contributed by atoms with Gasteiger partial charge >= 0.3 is 0 Å². The summed E-state index contributed by atoms with van der Waals surface area (Å²) in [5.41, 5.74) is 2.53. The number of carbonyl (C=O) groups is 2. The maximum Gasteiger partial charge on any atom is 0.248 e. The van der Waals surface area contributed by atoms with Crippen molar-refractivity contribution < 1.29 is 9.59 Å². The number of thioether (sulfide) groups is 1. The molecule has 8 heteroatoms. The maximum atomic E-state index is 12.2. The lowest BCUT2D eigenvalue weighted by molar-refractivity contribution is -0.128. The Bertz CT molecular complexity index is 1070. The fourth-order valence-corrected chi connectivity index (χ4v) is 3.92. The molecule has 0 aliphatic carbocycles. The highest BCUT2D eigenvalue weighted by Gasteiger charge is 2.15. The zero-order valence-electron chi connectivity index (χ0n) is 18.5. The molecule has 1 N–H and O–H groups in total. The van der Waals surface area contributed by atoms with Crippen molar-refractivity contribution in [2.45, 2.75) is 19.0 Å². The van der Waals surface area contributed by atoms with E-state index in [0.717, 1.165) is 11.1 Å². The first-order chi connectivity index (χ1) is 15.5. The van der Waals surface area contributed by atoms with E-state index >= 15 is 0 Å². The minimum Gasteiger partial charge on any atom is -0.343 e. The van der Waals surface area contributed by atoms with Gasteiger partial charge in [-0.1, -0.05) is 42.1 Å². The summed E-state index contributed by atoms with van der Waals surface area (Å²) in [6.07, 6.45) is 3.28. The average molecular weight is 450 g/mol. The molecule has 0 radical (unpaired) electrons. The first-order valence-electron chi connectivity index (χ1n) is 10.5. The van der Waals surface area contributed by atoms with E-state index in [1.54, 1.807) is 11.0 Å². The van der Waals surface area contributed by atoms with Gasteiger partial charge in [-0.25, -0.2) is 0 Å². The summed E-state index contributed by atoms with van der Waals surface area (Å²) in [6.45, 7) is 5.34. The van der Waals surface area contributed by atoms with Gasteiger partial charge in [-0.3, -0.25) is 9.59 Å². The monoisotopic (exact) mass is 449 g/mol. The molecule has 0 saturated heterocycles. The molecule has 2 amide bonds. The van der Waals surface area contributed by atoms with Crippen LogP contribution < -0.4 is 5.32 Å². The topological polar surface area (TPSA) is 80.1 Å². The van der Waals surface area contributed by atoms with Crippen molar-refractivity contribution in [1.29, 1.82) is 0 Å². The Balaban J connectivity index is 1.60. The molecule has 1 heterocycles. The number of hydrogen-bond donors (Lipinski definition) is 1. The highest BCUT2D eigenvalue weighted by atomic mass is 32.2. The molecule has 0 aliphatic heterocycles. The lowest BCUT2D eigenvalue weighted by atomic mass is 10.2. The number of anilines is 1. The van der Waals surface area contributed by atoms with Crippen LogP contribution in [0.1, 0.15) is 19.4 Å². The van der Waals surface area contributed by atoms with Crippen LogP contribution in [-0.2, 0) is 16.6 Å². The highest BCUT2D eigenvalue weighted by Crippen LogP contribution is 2.24. The summed E-state index contributed by atoms with van der Waals surface area (Å²) in [4.78, 5) is 26.2. The quantitative estimate of drug-likeness (QED) is 0.393. The molecule has 0 atom stereocenters. The number of rotatable bonds is 9. The standard InChI is InChI=1S/C24H27N5O2S/c1-4-29(5-2)22(31)17-32-24-27-26-23(28(24)3)19-12-14-20(15-13-19)25-21(30)16-11-18-9-7-6-8-10-18/h6-16H,4-5,17H2,1-3H3,(H,25,30)/b16-11+. The Morgan fingerprint density at radius 3 is 2.38 bits per heavy atom. The van der Waals surface area contributed by atoms with Gasteiger partial charge in [0.15, 0.2) is 11.0 Å². The molecule has 0 unspecified atom stereocenters. The van der Waals surface area contributed by atoms with E-state index in [4.69, 9.17) is 0 Å². The second-order valence-corrected chi connectivity index (χ2v) is 7.97. The molecule has 166 valence electrons. The Morgan fingerprint density at radius 2 is 1.72 bits per heavy atom. The van der Waals surface area contributed by atoms with Gasteiger partial charge in [0.25, 0.3) is 0 Å². The zero-order valence-corrected chi connectivity index (χ0v) is 19.3. The summed E-state index contributed by atoms with van der Waals surface area (Å²) in [5.74, 6) is 0.919. The smallest absolute Gasteiger partial charge is 0.248 e. The van der Waals surface area contributed by atoms with Gasteiger partial charge in [0.2, 0.25) is 11.8 Å². The summed E-state index contributed by atoms with van der Waals surface area (Å²) in [5, 5.41) is 12.0. The number of nitrogens with zero attached hydrogens (tertiary/aromatic N) is 4. The fraction of sp³-hybridized carbons (Fsp3) is 0.250. The maximum absolute atomic E-state index is 12.2. The van der Waals surface area contributed by atoms with Crippen LogP contribution in [0.15, 0.2) is 65.8 Å². The summed E-state index contributed by atoms with van der Waals surface area (Å²) in [6, 6.07) is 17.1. The van der Waals surface area contributed by atoms with E-state index < -0.39 is 0 Å². The lowest BCUT2D eigenvalue weighted by Crippen LogP contribution is -2.31. The molecule has 3 aromatic rings. The molecule has 7 nitrogen and oxygen atoms in total. The van der Waals surface area contributed by atoms with Crippen LogP contribution in [0.4, 0.5) is 5.69 Å². The van der Waals surface area contributed by atoms with Crippen LogP contribution in [0, 0.1) is 0 Å². The van der Waals surface area contributed by atoms with E-state index in [-0.39, 0.29) is 11.8 Å². The van der Waals surface area contributed by atoms with Crippen molar-refractivity contribution in [3.63, 3.8) is 0 Å². The number of aromatic nitrogens is 3. The van der Waals surface area contributed by atoms with Crippen molar-refractivity contribution in [2.75, 3.05) is 24.2 Å². The first kappa shape index (κ1) is 23.3. The third kappa shape index (κ3) is 6.07. The van der Waals surface area contributed by atoms with E-state index in [0.29, 0.717) is 35.5 Å². The molecular weight excluding hydrogens is 422 g/mol. The van der Waals surface area contributed by atoms with E-state index in [1.807, 2.05) is 80.1 Å². The Kier molecular flexibility index (Phi) is 8.21. The van der Waals surface area contributed by atoms with Crippen molar-refractivity contribution in [3.8, 4) is 11.4 Å². The van der Waals surface area contributed by atoms with E-state index in [1.165, 1.54) is 17.8 Å². The third-order valence-electron chi connectivity index (χ3n) is 4.91. The van der Waals surface area contributed by atoms with Crippen LogP contribution >= 0.6 is 11.8 Å². The van der Waals surface area contributed by atoms with Gasteiger partial charge in [0.1, 0.15) is 0 Å². The largest absolute Gasteiger partial charge is 0.343 e. The van der Waals surface area contributed by atoms with E-state index in [2.05, 4.69) is 15.5 Å². The second kappa shape index (κ2) is 11.3. The number of hydrogen-bond acceptors (Lipinski definition) is 5. The molecule has 0 bridgehead atoms. The Labute approximate surface area is 192 Å². The number of carbonyl (C=O) groups excluding carboxylic acids is 2. The zero-order chi connectivity index (χ0) is 22.9. The van der Waals surface area contributed by atoms with Crippen molar-refractivity contribution >= 4 is 35.3 Å². The van der Waals surface area contributed by atoms with Crippen molar-refractivity contribution in [3.05, 3.63) is 66.2 Å². The molecule has 0 spiro atoms. The number of benzene rings is 2. The van der Waals surface area contributed by atoms with Crippen molar-refractivity contribution in [2.24, 2.45) is 7.05 Å². The minimum absolute atomic E-state index is 0.0889. The Morgan fingerprint density at radius 1 is 1.03 bits per heavy atom. The Hall–Kier alpha value is -3.39. The lowest BCUT2D eigenvalue weighted by Gasteiger charge is -2.17. The molecule has 0 saturated carbocycles. The van der Waals surface area contributed by atoms with Gasteiger partial charge < -0.3 is 14.8 Å². The normalized spacial score (nSPS) is 11.0. The summed E-state index contributed by atoms with van der Waals surface area (Å²) < 4.78 is 1.87. The van der Waals surface area contributed by atoms with Crippen molar-refractivity contribution in [1.82, 2.24) is 19.7 Å². The van der Waals surface area contributed by atoms with Crippen LogP contribution in [0.25, 0.3) is 17.5 Å². The van der Waals surface area contributed by atoms with Crippen LogP contribution in [0.5, 0.6) is 0 Å². The summed E-state index contributed by atoms with van der Waals surface area (Å²) in [7, 11) is 1.88. The summed E-state index contributed by atoms with van der Waals surface area (Å²) >= 11 is 1.38. The van der Waals surface area contributed by atoms with Gasteiger partial charge in [0, 0.05) is 37.5 Å². The van der Waals surface area contributed by atoms with Crippen LogP contribution in [-0.4, -0.2) is 50.3 Å². The van der Waals surface area contributed by atoms with Crippen LogP contribution in [0.3, 0.4) is 0 Å². The first-order valence-corrected chi connectivity index (χ1v) is 11.4. The predicted octanol–water partition coefficient (Wildman–Crippen LogP) is 4.09. The van der Waals surface area contributed by atoms with E-state index in [9.17, 15) is 9.59 Å². The van der Waals surface area contributed by atoms with Gasteiger partial charge in [0.05, 0.1) is 5.75 Å². The minimum atomic E-state index is -0.197. The predicted molar refractivity (Wildman–Crippen MR) is 129 cm³/mol. The van der Waals surface area contributed by atoms with Gasteiger partial charge in [-0.2, -0.15) is 0 Å². The number of amides is 2. The SMILES string of the molecule is CCN(CC)C(=O)CSc1nnc(-c2ccc(NC(=O)/C=C/c3ccccc3)cc2)n1C. The number of nitrogens with one attached hydrogen (secondary N) is 1. The molecule has 32 heavy (non-hydrogen) atoms. The average Bonchev–Trinajstić information content (AvgIpc) is 3.18. The molecule has 3 rings (SSSR count). The molecular formula is C24H27N5O2S. The van der Waals surface area contributed by atoms with Gasteiger partial charge in [-0.15, -0.1) is 10.2 Å². The molecule has 2 aromatic carbocycles. The third-order valence-corrected chi connectivity index (χ3v) is 5.92. The second-order valence-electron chi connectivity index (χ2n) is 7.03.